The number of nitriles is 2. The van der Waals surface area contributed by atoms with E-state index in [4.69, 9.17) is 25.7 Å². The maximum Gasteiger partial charge on any atom is 0.309 e. The van der Waals surface area contributed by atoms with E-state index in [0.29, 0.717) is 46.8 Å². The fourth-order valence-electron chi connectivity index (χ4n) is 3.98. The molecule has 0 heterocycles. The summed E-state index contributed by atoms with van der Waals surface area (Å²) in [4.78, 5) is 12.2. The summed E-state index contributed by atoms with van der Waals surface area (Å²) in [5.74, 6) is 1.03. The lowest BCUT2D eigenvalue weighted by atomic mass is 10.0. The molecule has 1 aliphatic carbocycles. The topological polar surface area (TPSA) is 121 Å². The molecule has 3 N–H and O–H groups in total. The molecule has 3 aromatic rings. The van der Waals surface area contributed by atoms with Gasteiger partial charge in [-0.2, -0.15) is 10.5 Å². The van der Waals surface area contributed by atoms with Crippen LogP contribution < -0.4 is 15.8 Å². The van der Waals surface area contributed by atoms with Gasteiger partial charge in [-0.25, -0.2) is 0 Å². The van der Waals surface area contributed by atoms with E-state index >= 15 is 0 Å². The molecule has 7 heteroatoms. The molecule has 182 valence electrons. The van der Waals surface area contributed by atoms with Crippen LogP contribution in [-0.2, 0) is 22.6 Å². The summed E-state index contributed by atoms with van der Waals surface area (Å²) in [6.45, 7) is 4.00. The summed E-state index contributed by atoms with van der Waals surface area (Å²) in [7, 11) is 0. The largest absolute Gasteiger partial charge is 0.460 e. The number of benzene rings is 3. The summed E-state index contributed by atoms with van der Waals surface area (Å²) in [6, 6.07) is 19.0. The van der Waals surface area contributed by atoms with Crippen molar-refractivity contribution in [2.45, 2.75) is 46.1 Å². The highest BCUT2D eigenvalue weighted by Gasteiger charge is 2.31. The van der Waals surface area contributed by atoms with Gasteiger partial charge >= 0.3 is 5.97 Å². The number of esters is 1. The number of rotatable bonds is 9. The molecular formula is C29H28N4O3. The van der Waals surface area contributed by atoms with Crippen LogP contribution in [0.25, 0.3) is 0 Å². The lowest BCUT2D eigenvalue weighted by molar-refractivity contribution is -0.146. The van der Waals surface area contributed by atoms with Crippen molar-refractivity contribution in [1.29, 1.82) is 10.5 Å². The Labute approximate surface area is 211 Å². The SMILES string of the molecule is Cc1cc(CCC#N)cc(C)c1Oc1cc(Nc2ccc(C#N)cc2)c(N)cc1COC(=O)C1CC1. The van der Waals surface area contributed by atoms with E-state index in [2.05, 4.69) is 17.5 Å². The van der Waals surface area contributed by atoms with Crippen LogP contribution in [-0.4, -0.2) is 5.97 Å². The molecule has 0 atom stereocenters. The molecule has 0 radical (unpaired) electrons. The normalized spacial score (nSPS) is 12.3. The van der Waals surface area contributed by atoms with Gasteiger partial charge in [0.25, 0.3) is 0 Å². The monoisotopic (exact) mass is 480 g/mol. The number of hydrogen-bond donors (Lipinski definition) is 2. The van der Waals surface area contributed by atoms with Crippen molar-refractivity contribution in [3.05, 3.63) is 76.3 Å². The molecule has 0 unspecified atom stereocenters. The highest BCUT2D eigenvalue weighted by Crippen LogP contribution is 2.38. The minimum atomic E-state index is -0.200. The molecule has 36 heavy (non-hydrogen) atoms. The highest BCUT2D eigenvalue weighted by atomic mass is 16.5. The van der Waals surface area contributed by atoms with E-state index in [1.54, 1.807) is 36.4 Å². The van der Waals surface area contributed by atoms with E-state index in [-0.39, 0.29) is 18.5 Å². The van der Waals surface area contributed by atoms with Crippen molar-refractivity contribution in [3.8, 4) is 23.6 Å². The van der Waals surface area contributed by atoms with Crippen molar-refractivity contribution in [3.63, 3.8) is 0 Å². The number of carbonyl (C=O) groups excluding carboxylic acids is 1. The molecule has 0 bridgehead atoms. The molecule has 0 saturated heterocycles. The van der Waals surface area contributed by atoms with Crippen molar-refractivity contribution >= 4 is 23.0 Å². The van der Waals surface area contributed by atoms with Gasteiger partial charge in [-0.1, -0.05) is 12.1 Å². The van der Waals surface area contributed by atoms with Crippen LogP contribution in [0.1, 0.15) is 47.1 Å². The first-order valence-corrected chi connectivity index (χ1v) is 11.9. The molecule has 7 nitrogen and oxygen atoms in total. The first-order valence-electron chi connectivity index (χ1n) is 11.9. The summed E-state index contributed by atoms with van der Waals surface area (Å²) < 4.78 is 12.0. The average Bonchev–Trinajstić information content (AvgIpc) is 3.71. The van der Waals surface area contributed by atoms with Gasteiger partial charge in [-0.15, -0.1) is 0 Å². The summed E-state index contributed by atoms with van der Waals surface area (Å²) in [6.07, 6.45) is 2.88. The van der Waals surface area contributed by atoms with Gasteiger partial charge in [-0.3, -0.25) is 4.79 Å². The van der Waals surface area contributed by atoms with E-state index < -0.39 is 0 Å². The lowest BCUT2D eigenvalue weighted by Crippen LogP contribution is -2.08. The van der Waals surface area contributed by atoms with Crippen molar-refractivity contribution in [2.75, 3.05) is 11.1 Å². The molecule has 4 rings (SSSR count). The van der Waals surface area contributed by atoms with Crippen LogP contribution in [0, 0.1) is 42.4 Å². The Morgan fingerprint density at radius 2 is 1.78 bits per heavy atom. The second-order valence-corrected chi connectivity index (χ2v) is 9.06. The third-order valence-corrected chi connectivity index (χ3v) is 6.06. The number of ether oxygens (including phenoxy) is 2. The van der Waals surface area contributed by atoms with E-state index in [1.165, 1.54) is 0 Å². The number of carbonyl (C=O) groups is 1. The predicted octanol–water partition coefficient (Wildman–Crippen LogP) is 6.20. The average molecular weight is 481 g/mol. The fourth-order valence-corrected chi connectivity index (χ4v) is 3.98. The first-order chi connectivity index (χ1) is 17.4. The Morgan fingerprint density at radius 1 is 1.08 bits per heavy atom. The molecule has 0 spiro atoms. The fraction of sp³-hybridized carbons (Fsp3) is 0.276. The maximum absolute atomic E-state index is 12.2. The minimum absolute atomic E-state index is 0.00511. The minimum Gasteiger partial charge on any atom is -0.460 e. The second kappa shape index (κ2) is 10.8. The lowest BCUT2D eigenvalue weighted by Gasteiger charge is -2.19. The Balaban J connectivity index is 1.65. The van der Waals surface area contributed by atoms with Gasteiger partial charge in [0.15, 0.2) is 0 Å². The Kier molecular flexibility index (Phi) is 7.42. The summed E-state index contributed by atoms with van der Waals surface area (Å²) in [5, 5.41) is 21.2. The quantitative estimate of drug-likeness (QED) is 0.276. The van der Waals surface area contributed by atoms with Gasteiger partial charge in [-0.05, 0) is 80.1 Å². The number of nitrogens with one attached hydrogen (secondary N) is 1. The standard InChI is InChI=1S/C29H28N4O3/c1-18-12-21(4-3-11-30)13-19(2)28(18)36-27-15-26(33-24-9-5-20(16-31)6-10-24)25(32)14-23(27)17-35-29(34)22-7-8-22/h5-6,9-10,12-15,22,33H,3-4,7-8,17,32H2,1-2H3. The second-order valence-electron chi connectivity index (χ2n) is 9.06. The van der Waals surface area contributed by atoms with Crippen LogP contribution in [0.2, 0.25) is 0 Å². The molecule has 0 aromatic heterocycles. The number of aryl methyl sites for hydroxylation is 3. The molecule has 3 aromatic carbocycles. The van der Waals surface area contributed by atoms with Crippen molar-refractivity contribution in [2.24, 2.45) is 5.92 Å². The number of hydrogen-bond acceptors (Lipinski definition) is 7. The van der Waals surface area contributed by atoms with Crippen LogP contribution in [0.15, 0.2) is 48.5 Å². The van der Waals surface area contributed by atoms with Crippen LogP contribution in [0.4, 0.5) is 17.1 Å². The zero-order valence-electron chi connectivity index (χ0n) is 20.4. The van der Waals surface area contributed by atoms with E-state index in [0.717, 1.165) is 35.2 Å². The van der Waals surface area contributed by atoms with Gasteiger partial charge in [0.1, 0.15) is 18.1 Å². The highest BCUT2D eigenvalue weighted by molar-refractivity contribution is 5.77. The van der Waals surface area contributed by atoms with Gasteiger partial charge in [0, 0.05) is 23.7 Å². The zero-order chi connectivity index (χ0) is 25.7. The zero-order valence-corrected chi connectivity index (χ0v) is 20.4. The third-order valence-electron chi connectivity index (χ3n) is 6.06. The predicted molar refractivity (Wildman–Crippen MR) is 138 cm³/mol. The van der Waals surface area contributed by atoms with E-state index in [9.17, 15) is 4.79 Å². The summed E-state index contributed by atoms with van der Waals surface area (Å²) in [5.41, 5.74) is 12.4. The smallest absolute Gasteiger partial charge is 0.309 e. The Morgan fingerprint density at radius 3 is 2.39 bits per heavy atom. The molecule has 0 aliphatic heterocycles. The third kappa shape index (κ3) is 5.95. The number of anilines is 3. The van der Waals surface area contributed by atoms with Crippen LogP contribution in [0.3, 0.4) is 0 Å². The van der Waals surface area contributed by atoms with Crippen LogP contribution in [0.5, 0.6) is 11.5 Å². The molecular weight excluding hydrogens is 452 g/mol. The van der Waals surface area contributed by atoms with Gasteiger partial charge in [0.05, 0.1) is 35.0 Å². The first kappa shape index (κ1) is 24.6. The number of nitrogen functional groups attached to an aromatic ring is 1. The molecule has 1 aliphatic rings. The molecule has 1 saturated carbocycles. The maximum atomic E-state index is 12.2. The van der Waals surface area contributed by atoms with Crippen molar-refractivity contribution < 1.29 is 14.3 Å². The Bertz CT molecular complexity index is 1340. The Hall–Kier alpha value is -4.49. The van der Waals surface area contributed by atoms with E-state index in [1.807, 2.05) is 26.0 Å². The van der Waals surface area contributed by atoms with Crippen LogP contribution >= 0.6 is 0 Å². The summed E-state index contributed by atoms with van der Waals surface area (Å²) >= 11 is 0. The van der Waals surface area contributed by atoms with Crippen molar-refractivity contribution in [1.82, 2.24) is 0 Å². The van der Waals surface area contributed by atoms with Gasteiger partial charge in [0.2, 0.25) is 0 Å². The number of nitrogens with two attached hydrogens (primary N) is 1. The van der Waals surface area contributed by atoms with Gasteiger partial charge < -0.3 is 20.5 Å². The molecule has 1 fully saturated rings. The number of nitrogens with zero attached hydrogens (tertiary/aromatic N) is 2. The molecule has 0 amide bonds.